The van der Waals surface area contributed by atoms with Crippen LogP contribution in [0.1, 0.15) is 53.2 Å². The Balaban J connectivity index is 1.97. The molecule has 2 amide bonds. The van der Waals surface area contributed by atoms with Gasteiger partial charge in [0.2, 0.25) is 6.10 Å². The van der Waals surface area contributed by atoms with E-state index in [1.807, 2.05) is 51.1 Å². The fourth-order valence-electron chi connectivity index (χ4n) is 4.19. The molecule has 0 unspecified atom stereocenters. The van der Waals surface area contributed by atoms with Gasteiger partial charge in [-0.25, -0.2) is 4.79 Å². The van der Waals surface area contributed by atoms with Gasteiger partial charge < -0.3 is 19.3 Å². The summed E-state index contributed by atoms with van der Waals surface area (Å²) < 4.78 is 17.0. The number of benzene rings is 2. The van der Waals surface area contributed by atoms with Crippen LogP contribution in [0, 0.1) is 5.41 Å². The summed E-state index contributed by atoms with van der Waals surface area (Å²) in [4.78, 5) is 27.2. The standard InChI is InChI=1S/C27H36N2O6/c1-17(2)28-18(3)22(19-11-9-8-10-12-19)35-26(32)29(28)25(31)23(24(30)27(4,5)6)34-21-15-13-20(33-7)14-16-21/h8-18,22-24,30H,1-7H3/t18-,22-,23-,24-/m0/s1. The van der Waals surface area contributed by atoms with E-state index in [0.29, 0.717) is 11.5 Å². The maximum absolute atomic E-state index is 13.9. The molecular formula is C27H36N2O6. The molecule has 0 aromatic heterocycles. The molecule has 0 bridgehead atoms. The predicted octanol–water partition coefficient (Wildman–Crippen LogP) is 4.58. The Kier molecular flexibility index (Phi) is 8.07. The first-order valence-corrected chi connectivity index (χ1v) is 11.8. The Hall–Kier alpha value is -3.10. The summed E-state index contributed by atoms with van der Waals surface area (Å²) in [5.41, 5.74) is 0.139. The highest BCUT2D eigenvalue weighted by Crippen LogP contribution is 2.35. The summed E-state index contributed by atoms with van der Waals surface area (Å²) in [5.74, 6) is 0.299. The third-order valence-corrected chi connectivity index (χ3v) is 6.09. The Labute approximate surface area is 207 Å². The highest BCUT2D eigenvalue weighted by Gasteiger charge is 2.49. The van der Waals surface area contributed by atoms with Crippen molar-refractivity contribution in [2.24, 2.45) is 5.41 Å². The van der Waals surface area contributed by atoms with Gasteiger partial charge in [0.05, 0.1) is 13.2 Å². The quantitative estimate of drug-likeness (QED) is 0.615. The molecule has 0 spiro atoms. The lowest BCUT2D eigenvalue weighted by atomic mass is 9.85. The van der Waals surface area contributed by atoms with E-state index >= 15 is 0 Å². The average molecular weight is 485 g/mol. The van der Waals surface area contributed by atoms with Crippen molar-refractivity contribution >= 4 is 12.0 Å². The molecule has 0 aliphatic carbocycles. The molecule has 0 saturated carbocycles. The van der Waals surface area contributed by atoms with Crippen LogP contribution in [0.2, 0.25) is 0 Å². The van der Waals surface area contributed by atoms with Crippen LogP contribution in [-0.4, -0.2) is 58.5 Å². The van der Waals surface area contributed by atoms with E-state index < -0.39 is 35.7 Å². The van der Waals surface area contributed by atoms with Crippen molar-refractivity contribution in [2.45, 2.75) is 71.9 Å². The van der Waals surface area contributed by atoms with E-state index in [9.17, 15) is 14.7 Å². The number of rotatable bonds is 7. The molecule has 2 aromatic carbocycles. The smallest absolute Gasteiger partial charge is 0.432 e. The van der Waals surface area contributed by atoms with Gasteiger partial charge in [0.1, 0.15) is 23.7 Å². The van der Waals surface area contributed by atoms with Crippen LogP contribution in [0.3, 0.4) is 0 Å². The Morgan fingerprint density at radius 1 is 1.03 bits per heavy atom. The zero-order chi connectivity index (χ0) is 25.9. The van der Waals surface area contributed by atoms with Crippen LogP contribution >= 0.6 is 0 Å². The molecule has 8 nitrogen and oxygen atoms in total. The van der Waals surface area contributed by atoms with Crippen molar-refractivity contribution < 1.29 is 28.9 Å². The second-order valence-corrected chi connectivity index (χ2v) is 10.1. The Morgan fingerprint density at radius 3 is 2.11 bits per heavy atom. The molecule has 8 heteroatoms. The van der Waals surface area contributed by atoms with Crippen LogP contribution in [0.15, 0.2) is 54.6 Å². The van der Waals surface area contributed by atoms with Gasteiger partial charge in [-0.2, -0.15) is 10.0 Å². The van der Waals surface area contributed by atoms with Crippen LogP contribution in [0.4, 0.5) is 4.79 Å². The second kappa shape index (κ2) is 10.7. The molecule has 1 N–H and O–H groups in total. The number of cyclic esters (lactones) is 1. The highest BCUT2D eigenvalue weighted by atomic mass is 16.6. The van der Waals surface area contributed by atoms with Crippen molar-refractivity contribution in [1.82, 2.24) is 10.0 Å². The van der Waals surface area contributed by atoms with E-state index in [2.05, 4.69) is 0 Å². The molecule has 190 valence electrons. The first-order valence-electron chi connectivity index (χ1n) is 11.8. The Morgan fingerprint density at radius 2 is 1.60 bits per heavy atom. The van der Waals surface area contributed by atoms with Gasteiger partial charge in [-0.05, 0) is 56.0 Å². The lowest BCUT2D eigenvalue weighted by molar-refractivity contribution is -0.187. The number of hydrogen-bond donors (Lipinski definition) is 1. The van der Waals surface area contributed by atoms with E-state index in [4.69, 9.17) is 14.2 Å². The number of imide groups is 1. The third-order valence-electron chi connectivity index (χ3n) is 6.09. The maximum Gasteiger partial charge on any atom is 0.432 e. The molecule has 4 atom stereocenters. The molecule has 1 fully saturated rings. The number of carbonyl (C=O) groups excluding carboxylic acids is 2. The molecule has 2 aromatic rings. The van der Waals surface area contributed by atoms with Gasteiger partial charge >= 0.3 is 6.09 Å². The largest absolute Gasteiger partial charge is 0.497 e. The van der Waals surface area contributed by atoms with Crippen LogP contribution in [0.5, 0.6) is 11.5 Å². The van der Waals surface area contributed by atoms with Gasteiger partial charge in [-0.15, -0.1) is 0 Å². The van der Waals surface area contributed by atoms with Gasteiger partial charge in [-0.3, -0.25) is 4.79 Å². The number of hydrazine groups is 1. The fraction of sp³-hybridized carbons (Fsp3) is 0.481. The van der Waals surface area contributed by atoms with Crippen molar-refractivity contribution in [1.29, 1.82) is 0 Å². The number of carbonyl (C=O) groups is 2. The minimum absolute atomic E-state index is 0.207. The summed E-state index contributed by atoms with van der Waals surface area (Å²) in [6.45, 7) is 11.1. The van der Waals surface area contributed by atoms with Gasteiger partial charge in [0.25, 0.3) is 5.91 Å². The third kappa shape index (κ3) is 5.77. The summed E-state index contributed by atoms with van der Waals surface area (Å²) in [6.07, 6.45) is -3.91. The second-order valence-electron chi connectivity index (χ2n) is 10.1. The van der Waals surface area contributed by atoms with Crippen LogP contribution in [-0.2, 0) is 9.53 Å². The monoisotopic (exact) mass is 484 g/mol. The van der Waals surface area contributed by atoms with Gasteiger partial charge in [-0.1, -0.05) is 51.1 Å². The van der Waals surface area contributed by atoms with Crippen molar-refractivity contribution in [3.63, 3.8) is 0 Å². The number of amides is 2. The van der Waals surface area contributed by atoms with E-state index in [-0.39, 0.29) is 12.1 Å². The topological polar surface area (TPSA) is 88.5 Å². The molecule has 1 heterocycles. The molecule has 35 heavy (non-hydrogen) atoms. The molecular weight excluding hydrogens is 448 g/mol. The van der Waals surface area contributed by atoms with Gasteiger partial charge in [0.15, 0.2) is 0 Å². The van der Waals surface area contributed by atoms with Crippen molar-refractivity contribution in [3.8, 4) is 11.5 Å². The predicted molar refractivity (Wildman–Crippen MR) is 132 cm³/mol. The number of hydrogen-bond acceptors (Lipinski definition) is 7. The first-order chi connectivity index (χ1) is 16.5. The Bertz CT molecular complexity index is 1000. The minimum Gasteiger partial charge on any atom is -0.497 e. The van der Waals surface area contributed by atoms with Crippen molar-refractivity contribution in [2.75, 3.05) is 7.11 Å². The summed E-state index contributed by atoms with van der Waals surface area (Å²) in [6, 6.07) is 15.6. The molecule has 0 radical (unpaired) electrons. The molecule has 1 aliphatic rings. The zero-order valence-corrected chi connectivity index (χ0v) is 21.5. The number of methoxy groups -OCH3 is 1. The first kappa shape index (κ1) is 26.5. The number of ether oxygens (including phenoxy) is 3. The summed E-state index contributed by atoms with van der Waals surface area (Å²) in [7, 11) is 1.55. The lowest BCUT2D eigenvalue weighted by Crippen LogP contribution is -2.66. The number of nitrogens with zero attached hydrogens (tertiary/aromatic N) is 2. The summed E-state index contributed by atoms with van der Waals surface area (Å²) >= 11 is 0. The normalized spacial score (nSPS) is 20.8. The number of aliphatic hydroxyl groups excluding tert-OH is 1. The van der Waals surface area contributed by atoms with Crippen molar-refractivity contribution in [3.05, 3.63) is 60.2 Å². The summed E-state index contributed by atoms with van der Waals surface area (Å²) in [5, 5.41) is 13.8. The fourth-order valence-corrected chi connectivity index (χ4v) is 4.19. The van der Waals surface area contributed by atoms with Crippen LogP contribution < -0.4 is 9.47 Å². The van der Waals surface area contributed by atoms with Crippen LogP contribution in [0.25, 0.3) is 0 Å². The highest BCUT2D eigenvalue weighted by molar-refractivity contribution is 5.95. The molecule has 1 aliphatic heterocycles. The minimum atomic E-state index is -1.35. The molecule has 3 rings (SSSR count). The van der Waals surface area contributed by atoms with Gasteiger partial charge in [0, 0.05) is 6.04 Å². The SMILES string of the molecule is COc1ccc(O[C@H](C(=O)N2C(=O)O[C@H](c3ccccc3)[C@H](C)N2C(C)C)[C@H](O)C(C)(C)C)cc1. The molecule has 1 saturated heterocycles. The lowest BCUT2D eigenvalue weighted by Gasteiger charge is -2.48. The van der Waals surface area contributed by atoms with E-state index in [1.165, 1.54) is 0 Å². The zero-order valence-electron chi connectivity index (χ0n) is 21.5. The number of aliphatic hydroxyl groups is 1. The maximum atomic E-state index is 13.9. The average Bonchev–Trinajstić information content (AvgIpc) is 2.82. The van der Waals surface area contributed by atoms with E-state index in [1.54, 1.807) is 57.2 Å². The van der Waals surface area contributed by atoms with E-state index in [0.717, 1.165) is 10.6 Å².